The fourth-order valence-corrected chi connectivity index (χ4v) is 4.70. The minimum absolute atomic E-state index is 0.130. The first-order valence-corrected chi connectivity index (χ1v) is 12.0. The van der Waals surface area contributed by atoms with Gasteiger partial charge in [0.05, 0.1) is 36.1 Å². The van der Waals surface area contributed by atoms with Crippen molar-refractivity contribution in [3.8, 4) is 28.8 Å². The molecule has 2 N–H and O–H groups in total. The summed E-state index contributed by atoms with van der Waals surface area (Å²) in [7, 11) is -1.86. The van der Waals surface area contributed by atoms with Gasteiger partial charge < -0.3 is 19.2 Å². The molecule has 4 rings (SSSR count). The fourth-order valence-electron chi connectivity index (χ4n) is 3.33. The van der Waals surface area contributed by atoms with Crippen molar-refractivity contribution in [2.24, 2.45) is 0 Å². The van der Waals surface area contributed by atoms with Crippen LogP contribution in [0.2, 0.25) is 5.02 Å². The first-order valence-electron chi connectivity index (χ1n) is 10.2. The molecule has 0 spiro atoms. The van der Waals surface area contributed by atoms with E-state index in [1.165, 1.54) is 26.5 Å². The van der Waals surface area contributed by atoms with Crippen LogP contribution < -0.4 is 18.9 Å². The van der Waals surface area contributed by atoms with E-state index in [9.17, 15) is 17.2 Å². The van der Waals surface area contributed by atoms with E-state index < -0.39 is 29.0 Å². The number of methoxy groups -OCH3 is 2. The average Bonchev–Trinajstić information content (AvgIpc) is 3.28. The Morgan fingerprint density at radius 1 is 1.08 bits per heavy atom. The van der Waals surface area contributed by atoms with E-state index in [-0.39, 0.29) is 22.4 Å². The molecule has 0 aliphatic heterocycles. The van der Waals surface area contributed by atoms with E-state index in [1.54, 1.807) is 25.1 Å². The molecule has 0 fully saturated rings. The molecule has 36 heavy (non-hydrogen) atoms. The molecule has 1 aromatic carbocycles. The molecule has 0 radical (unpaired) electrons. The monoisotopic (exact) mass is 540 g/mol. The number of aromatic nitrogens is 5. The van der Waals surface area contributed by atoms with Crippen molar-refractivity contribution in [1.29, 1.82) is 0 Å². The van der Waals surface area contributed by atoms with E-state index in [2.05, 4.69) is 29.9 Å². The van der Waals surface area contributed by atoms with Crippen LogP contribution in [0.1, 0.15) is 5.69 Å². The number of nitrogens with zero attached hydrogens (tertiary/aromatic N) is 4. The van der Waals surface area contributed by atoms with E-state index in [0.29, 0.717) is 32.9 Å². The number of ether oxygens (including phenoxy) is 3. The van der Waals surface area contributed by atoms with Gasteiger partial charge in [0.1, 0.15) is 11.5 Å². The van der Waals surface area contributed by atoms with Gasteiger partial charge >= 0.3 is 0 Å². The normalized spacial score (nSPS) is 11.6. The molecule has 4 aromatic rings. The van der Waals surface area contributed by atoms with Crippen LogP contribution in [0.3, 0.4) is 0 Å². The molecule has 0 amide bonds. The third-order valence-corrected chi connectivity index (χ3v) is 6.56. The van der Waals surface area contributed by atoms with E-state index in [4.69, 9.17) is 25.8 Å². The third-order valence-electron chi connectivity index (χ3n) is 4.88. The molecule has 190 valence electrons. The molecule has 0 atom stereocenters. The summed E-state index contributed by atoms with van der Waals surface area (Å²) in [4.78, 5) is 10.6. The summed E-state index contributed by atoms with van der Waals surface area (Å²) in [6, 6.07) is 6.56. The second-order valence-corrected chi connectivity index (χ2v) is 9.32. The number of fused-ring (bicyclic) bond motifs is 1. The van der Waals surface area contributed by atoms with Crippen molar-refractivity contribution >= 4 is 38.5 Å². The molecule has 0 saturated carbocycles. The van der Waals surface area contributed by atoms with Crippen LogP contribution in [-0.4, -0.2) is 60.8 Å². The largest absolute Gasteiger partial charge is 0.478 e. The number of halogens is 3. The number of aromatic amines is 1. The van der Waals surface area contributed by atoms with Crippen LogP contribution >= 0.6 is 11.6 Å². The first kappa shape index (κ1) is 25.3. The van der Waals surface area contributed by atoms with Crippen molar-refractivity contribution in [2.45, 2.75) is 18.2 Å². The Morgan fingerprint density at radius 3 is 2.36 bits per heavy atom. The lowest BCUT2D eigenvalue weighted by atomic mass is 10.1. The zero-order valence-corrected chi connectivity index (χ0v) is 20.6. The maximum Gasteiger partial charge on any atom is 0.272 e. The summed E-state index contributed by atoms with van der Waals surface area (Å²) in [5.41, 5.74) is 2.06. The molecule has 0 aliphatic rings. The number of alkyl halides is 2. The van der Waals surface area contributed by atoms with Gasteiger partial charge in [0, 0.05) is 17.1 Å². The number of hydrogen-bond acceptors (Lipinski definition) is 9. The highest BCUT2D eigenvalue weighted by atomic mass is 35.5. The highest BCUT2D eigenvalue weighted by molar-refractivity contribution is 7.93. The molecule has 11 nitrogen and oxygen atoms in total. The number of nitrogens with one attached hydrogen (secondary N) is 2. The number of rotatable bonds is 9. The lowest BCUT2D eigenvalue weighted by Crippen LogP contribution is -2.16. The number of sulfonamides is 1. The van der Waals surface area contributed by atoms with Gasteiger partial charge in [0.15, 0.2) is 0 Å². The highest BCUT2D eigenvalue weighted by Crippen LogP contribution is 2.38. The van der Waals surface area contributed by atoms with Crippen molar-refractivity contribution in [1.82, 2.24) is 25.1 Å². The lowest BCUT2D eigenvalue weighted by Gasteiger charge is -2.14. The topological polar surface area (TPSA) is 141 Å². The molecule has 15 heteroatoms. The van der Waals surface area contributed by atoms with Gasteiger partial charge in [-0.05, 0) is 31.2 Å². The molecule has 0 bridgehead atoms. The molecular weight excluding hydrogens is 522 g/mol. The SMILES string of the molecule is COc1nc(NS(=O)(=O)c2c[nH]c3c(-c4ccc(C)nn4)c(Cl)ccc23)nc(OC)c1OCC(F)F. The summed E-state index contributed by atoms with van der Waals surface area (Å²) >= 11 is 6.40. The quantitative estimate of drug-likeness (QED) is 0.324. The van der Waals surface area contributed by atoms with Gasteiger partial charge in [-0.25, -0.2) is 21.9 Å². The zero-order valence-electron chi connectivity index (χ0n) is 19.0. The van der Waals surface area contributed by atoms with Crippen molar-refractivity contribution in [3.05, 3.63) is 41.2 Å². The summed E-state index contributed by atoms with van der Waals surface area (Å²) < 4.78 is 69.1. The number of anilines is 1. The number of H-pyrrole nitrogens is 1. The van der Waals surface area contributed by atoms with Crippen LogP contribution in [0.5, 0.6) is 17.5 Å². The maximum atomic E-state index is 13.3. The third kappa shape index (κ3) is 4.95. The molecule has 3 aromatic heterocycles. The Bertz CT molecular complexity index is 1490. The second-order valence-electron chi connectivity index (χ2n) is 7.26. The maximum absolute atomic E-state index is 13.3. The summed E-state index contributed by atoms with van der Waals surface area (Å²) in [6.07, 6.45) is -1.49. The predicted molar refractivity (Wildman–Crippen MR) is 127 cm³/mol. The summed E-state index contributed by atoms with van der Waals surface area (Å²) in [5, 5.41) is 8.84. The Balaban J connectivity index is 1.74. The Labute approximate surface area is 208 Å². The van der Waals surface area contributed by atoms with Gasteiger partial charge in [-0.1, -0.05) is 11.6 Å². The molecule has 0 unspecified atom stereocenters. The van der Waals surface area contributed by atoms with Crippen molar-refractivity contribution in [3.63, 3.8) is 0 Å². The Hall–Kier alpha value is -3.78. The number of aryl methyl sites for hydroxylation is 1. The summed E-state index contributed by atoms with van der Waals surface area (Å²) in [5.74, 6) is -1.33. The smallest absolute Gasteiger partial charge is 0.272 e. The average molecular weight is 541 g/mol. The zero-order chi connectivity index (χ0) is 26.0. The van der Waals surface area contributed by atoms with Gasteiger partial charge in [-0.15, -0.1) is 0 Å². The molecule has 0 aliphatic carbocycles. The minimum atomic E-state index is -4.26. The van der Waals surface area contributed by atoms with Gasteiger partial charge in [-0.2, -0.15) is 20.2 Å². The number of benzene rings is 1. The molecular formula is C21H19ClF2N6O5S. The van der Waals surface area contributed by atoms with Crippen molar-refractivity contribution in [2.75, 3.05) is 25.5 Å². The summed E-state index contributed by atoms with van der Waals surface area (Å²) in [6.45, 7) is 0.820. The van der Waals surface area contributed by atoms with Crippen LogP contribution in [-0.2, 0) is 10.0 Å². The van der Waals surface area contributed by atoms with Gasteiger partial charge in [0.25, 0.3) is 28.2 Å². The Morgan fingerprint density at radius 2 is 1.78 bits per heavy atom. The van der Waals surface area contributed by atoms with Crippen LogP contribution in [0.25, 0.3) is 22.2 Å². The molecule has 3 heterocycles. The standard InChI is InChI=1S/C21H19ClF2N6O5S/c1-10-4-7-13(29-28-10)16-12(22)6-5-11-14(8-25-17(11)16)36(31,32)30-21-26-19(33-2)18(20(27-21)34-3)35-9-15(23)24/h4-8,15,25H,9H2,1-3H3,(H,26,27,30). The van der Waals surface area contributed by atoms with Crippen LogP contribution in [0.4, 0.5) is 14.7 Å². The van der Waals surface area contributed by atoms with Crippen LogP contribution in [0.15, 0.2) is 35.4 Å². The first-order chi connectivity index (χ1) is 17.1. The van der Waals surface area contributed by atoms with Crippen molar-refractivity contribution < 1.29 is 31.4 Å². The van der Waals surface area contributed by atoms with Gasteiger partial charge in [0.2, 0.25) is 11.7 Å². The fraction of sp³-hybridized carbons (Fsp3) is 0.238. The van der Waals surface area contributed by atoms with Crippen LogP contribution in [0, 0.1) is 6.92 Å². The minimum Gasteiger partial charge on any atom is -0.478 e. The number of hydrogen-bond donors (Lipinski definition) is 2. The van der Waals surface area contributed by atoms with E-state index >= 15 is 0 Å². The van der Waals surface area contributed by atoms with E-state index in [0.717, 1.165) is 0 Å². The molecule has 0 saturated heterocycles. The van der Waals surface area contributed by atoms with E-state index in [1.807, 2.05) is 0 Å². The Kier molecular flexibility index (Phi) is 7.08. The lowest BCUT2D eigenvalue weighted by molar-refractivity contribution is 0.0781. The highest BCUT2D eigenvalue weighted by Gasteiger charge is 2.26. The van der Waals surface area contributed by atoms with Gasteiger partial charge in [-0.3, -0.25) is 0 Å². The second kappa shape index (κ2) is 10.1. The predicted octanol–water partition coefficient (Wildman–Crippen LogP) is 3.84.